The molecular formula is C18H31IN4O2S. The van der Waals surface area contributed by atoms with Crippen molar-refractivity contribution in [2.75, 3.05) is 20.1 Å². The Morgan fingerprint density at radius 2 is 2.19 bits per heavy atom. The highest BCUT2D eigenvalue weighted by atomic mass is 127. The van der Waals surface area contributed by atoms with Crippen LogP contribution in [-0.2, 0) is 16.1 Å². The Morgan fingerprint density at radius 1 is 1.46 bits per heavy atom. The number of aliphatic imine (C=N–C) groups is 1. The molecule has 8 heteroatoms. The van der Waals surface area contributed by atoms with E-state index in [1.54, 1.807) is 11.3 Å². The molecule has 0 spiro atoms. The van der Waals surface area contributed by atoms with Crippen LogP contribution in [0.4, 0.5) is 0 Å². The number of nitrogens with one attached hydrogen (secondary N) is 1. The van der Waals surface area contributed by atoms with Crippen LogP contribution in [0.25, 0.3) is 0 Å². The molecule has 0 aromatic carbocycles. The summed E-state index contributed by atoms with van der Waals surface area (Å²) in [5.74, 6) is 0.760. The monoisotopic (exact) mass is 494 g/mol. The fourth-order valence-corrected chi connectivity index (χ4v) is 3.53. The van der Waals surface area contributed by atoms with Crippen LogP contribution in [0.5, 0.6) is 0 Å². The van der Waals surface area contributed by atoms with E-state index in [1.807, 2.05) is 14.0 Å². The van der Waals surface area contributed by atoms with E-state index in [-0.39, 0.29) is 36.0 Å². The molecule has 0 amide bonds. The number of thiazole rings is 1. The van der Waals surface area contributed by atoms with Gasteiger partial charge in [-0.2, -0.15) is 0 Å². The Labute approximate surface area is 177 Å². The predicted molar refractivity (Wildman–Crippen MR) is 117 cm³/mol. The van der Waals surface area contributed by atoms with Crippen LogP contribution < -0.4 is 5.32 Å². The molecule has 1 saturated carbocycles. The van der Waals surface area contributed by atoms with E-state index >= 15 is 0 Å². The van der Waals surface area contributed by atoms with E-state index in [1.165, 1.54) is 12.8 Å². The number of rotatable bonds is 8. The standard InChI is InChI=1S/C18H30N4O2S.HI/c1-4-19-18(22(3)12-15-13-25-14(2)21-15)20-11-7-10-17(23)24-16-8-5-6-9-16;/h13,16H,4-12H2,1-3H3,(H,19,20);1H. The van der Waals surface area contributed by atoms with Crippen molar-refractivity contribution in [1.29, 1.82) is 0 Å². The van der Waals surface area contributed by atoms with Crippen molar-refractivity contribution in [1.82, 2.24) is 15.2 Å². The van der Waals surface area contributed by atoms with Crippen LogP contribution in [0.1, 0.15) is 56.2 Å². The van der Waals surface area contributed by atoms with Crippen molar-refractivity contribution in [3.05, 3.63) is 16.1 Å². The molecule has 1 N–H and O–H groups in total. The van der Waals surface area contributed by atoms with Crippen molar-refractivity contribution < 1.29 is 9.53 Å². The summed E-state index contributed by atoms with van der Waals surface area (Å²) in [4.78, 5) is 23.0. The molecule has 1 heterocycles. The van der Waals surface area contributed by atoms with E-state index in [2.05, 4.69) is 32.5 Å². The molecule has 1 aromatic rings. The normalized spacial score (nSPS) is 14.8. The first-order chi connectivity index (χ1) is 12.1. The Balaban J connectivity index is 0.00000338. The van der Waals surface area contributed by atoms with Gasteiger partial charge in [-0.15, -0.1) is 35.3 Å². The second-order valence-electron chi connectivity index (χ2n) is 6.45. The number of carbonyl (C=O) groups excluding carboxylic acids is 1. The van der Waals surface area contributed by atoms with Crippen LogP contribution in [0.3, 0.4) is 0 Å². The fourth-order valence-electron chi connectivity index (χ4n) is 2.93. The van der Waals surface area contributed by atoms with Gasteiger partial charge in [-0.1, -0.05) is 0 Å². The van der Waals surface area contributed by atoms with Gasteiger partial charge in [0.1, 0.15) is 6.10 Å². The molecule has 148 valence electrons. The lowest BCUT2D eigenvalue weighted by molar-refractivity contribution is -0.148. The second kappa shape index (κ2) is 12.5. The summed E-state index contributed by atoms with van der Waals surface area (Å²) in [6.07, 6.45) is 5.71. The first-order valence-corrected chi connectivity index (χ1v) is 10.1. The van der Waals surface area contributed by atoms with Crippen LogP contribution in [-0.4, -0.2) is 48.1 Å². The minimum Gasteiger partial charge on any atom is -0.462 e. The minimum absolute atomic E-state index is 0. The third kappa shape index (κ3) is 8.20. The van der Waals surface area contributed by atoms with Crippen molar-refractivity contribution in [3.8, 4) is 0 Å². The van der Waals surface area contributed by atoms with Gasteiger partial charge >= 0.3 is 5.97 Å². The molecule has 0 aliphatic heterocycles. The van der Waals surface area contributed by atoms with Crippen molar-refractivity contribution in [2.45, 2.75) is 65.0 Å². The van der Waals surface area contributed by atoms with Crippen molar-refractivity contribution >= 4 is 47.2 Å². The van der Waals surface area contributed by atoms with E-state index in [0.717, 1.165) is 42.6 Å². The number of carbonyl (C=O) groups is 1. The highest BCUT2D eigenvalue weighted by molar-refractivity contribution is 14.0. The lowest BCUT2D eigenvalue weighted by atomic mass is 10.3. The Kier molecular flexibility index (Phi) is 11.1. The lowest BCUT2D eigenvalue weighted by Gasteiger charge is -2.21. The van der Waals surface area contributed by atoms with E-state index in [0.29, 0.717) is 19.4 Å². The quantitative estimate of drug-likeness (QED) is 0.196. The Hall–Kier alpha value is -0.900. The zero-order valence-corrected chi connectivity index (χ0v) is 19.1. The van der Waals surface area contributed by atoms with Gasteiger partial charge in [0.05, 0.1) is 17.2 Å². The summed E-state index contributed by atoms with van der Waals surface area (Å²) in [7, 11) is 2.00. The number of aromatic nitrogens is 1. The van der Waals surface area contributed by atoms with Gasteiger partial charge in [-0.25, -0.2) is 4.98 Å². The Bertz CT molecular complexity index is 573. The van der Waals surface area contributed by atoms with Gasteiger partial charge < -0.3 is 15.0 Å². The minimum atomic E-state index is -0.0848. The van der Waals surface area contributed by atoms with Gasteiger partial charge in [0.25, 0.3) is 0 Å². The number of hydrogen-bond acceptors (Lipinski definition) is 5. The van der Waals surface area contributed by atoms with E-state index < -0.39 is 0 Å². The maximum atomic E-state index is 11.8. The number of esters is 1. The van der Waals surface area contributed by atoms with Gasteiger partial charge in [0.2, 0.25) is 0 Å². The molecule has 6 nitrogen and oxygen atoms in total. The molecule has 0 radical (unpaired) electrons. The topological polar surface area (TPSA) is 66.8 Å². The third-order valence-corrected chi connectivity index (χ3v) is 4.99. The van der Waals surface area contributed by atoms with Crippen LogP contribution in [0.2, 0.25) is 0 Å². The van der Waals surface area contributed by atoms with Gasteiger partial charge in [-0.05, 0) is 46.0 Å². The van der Waals surface area contributed by atoms with Gasteiger partial charge in [0, 0.05) is 31.9 Å². The number of aryl methyl sites for hydroxylation is 1. The fraction of sp³-hybridized carbons (Fsp3) is 0.722. The highest BCUT2D eigenvalue weighted by Crippen LogP contribution is 2.21. The number of hydrogen-bond donors (Lipinski definition) is 1. The number of halogens is 1. The number of nitrogens with zero attached hydrogens (tertiary/aromatic N) is 3. The number of ether oxygens (including phenoxy) is 1. The van der Waals surface area contributed by atoms with Crippen molar-refractivity contribution in [3.63, 3.8) is 0 Å². The van der Waals surface area contributed by atoms with Crippen LogP contribution >= 0.6 is 35.3 Å². The van der Waals surface area contributed by atoms with Crippen LogP contribution in [0, 0.1) is 6.92 Å². The molecule has 26 heavy (non-hydrogen) atoms. The first-order valence-electron chi connectivity index (χ1n) is 9.18. The Morgan fingerprint density at radius 3 is 2.81 bits per heavy atom. The SMILES string of the molecule is CCNC(=NCCCC(=O)OC1CCCC1)N(C)Cc1csc(C)n1.I. The molecule has 0 saturated heterocycles. The zero-order chi connectivity index (χ0) is 18.1. The summed E-state index contributed by atoms with van der Waals surface area (Å²) in [5, 5.41) is 6.44. The van der Waals surface area contributed by atoms with Crippen molar-refractivity contribution in [2.24, 2.45) is 4.99 Å². The lowest BCUT2D eigenvalue weighted by Crippen LogP contribution is -2.38. The molecule has 1 fully saturated rings. The zero-order valence-electron chi connectivity index (χ0n) is 16.0. The third-order valence-electron chi connectivity index (χ3n) is 4.16. The summed E-state index contributed by atoms with van der Waals surface area (Å²) in [5.41, 5.74) is 1.05. The summed E-state index contributed by atoms with van der Waals surface area (Å²) < 4.78 is 5.47. The average Bonchev–Trinajstić information content (AvgIpc) is 3.22. The number of guanidine groups is 1. The van der Waals surface area contributed by atoms with Gasteiger partial charge in [-0.3, -0.25) is 9.79 Å². The molecule has 0 unspecified atom stereocenters. The summed E-state index contributed by atoms with van der Waals surface area (Å²) in [6, 6.07) is 0. The molecule has 1 aromatic heterocycles. The summed E-state index contributed by atoms with van der Waals surface area (Å²) >= 11 is 1.66. The molecule has 1 aliphatic rings. The average molecular weight is 494 g/mol. The maximum absolute atomic E-state index is 11.8. The first kappa shape index (κ1) is 23.1. The molecule has 0 atom stereocenters. The molecule has 1 aliphatic carbocycles. The highest BCUT2D eigenvalue weighted by Gasteiger charge is 2.18. The molecule has 2 rings (SSSR count). The predicted octanol–water partition coefficient (Wildman–Crippen LogP) is 3.73. The molecular weight excluding hydrogens is 463 g/mol. The summed E-state index contributed by atoms with van der Waals surface area (Å²) in [6.45, 7) is 6.21. The smallest absolute Gasteiger partial charge is 0.306 e. The van der Waals surface area contributed by atoms with Gasteiger partial charge in [0.15, 0.2) is 5.96 Å². The second-order valence-corrected chi connectivity index (χ2v) is 7.51. The van der Waals surface area contributed by atoms with E-state index in [4.69, 9.17) is 4.74 Å². The largest absolute Gasteiger partial charge is 0.462 e. The molecule has 0 bridgehead atoms. The maximum Gasteiger partial charge on any atom is 0.306 e. The van der Waals surface area contributed by atoms with Crippen LogP contribution in [0.15, 0.2) is 10.4 Å². The van der Waals surface area contributed by atoms with E-state index in [9.17, 15) is 4.79 Å².